The number of halogens is 3. The summed E-state index contributed by atoms with van der Waals surface area (Å²) in [6.45, 7) is 4.12. The number of hydrogen-bond donors (Lipinski definition) is 1. The number of nitrogens with one attached hydrogen (secondary N) is 1. The molecule has 1 N–H and O–H groups in total. The van der Waals surface area contributed by atoms with Crippen molar-refractivity contribution < 1.29 is 22.7 Å². The number of alkyl halides is 3. The SMILES string of the molecule is C[C@@H]1[C@H]2CN(c3ncc(C(=O)Nc4ccc(OC(F)(F)F)cc4)cc3-c3cncnc3)C[C@@H]12. The first kappa shape index (κ1) is 21.2. The molecule has 3 atom stereocenters. The van der Waals surface area contributed by atoms with Crippen LogP contribution in [0.3, 0.4) is 0 Å². The zero-order valence-electron chi connectivity index (χ0n) is 17.6. The highest BCUT2D eigenvalue weighted by atomic mass is 19.4. The first-order valence-corrected chi connectivity index (χ1v) is 10.5. The third-order valence-electron chi connectivity index (χ3n) is 6.27. The molecule has 0 spiro atoms. The Kier molecular flexibility index (Phi) is 5.15. The minimum absolute atomic E-state index is 0.311. The molecule has 0 bridgehead atoms. The average molecular weight is 455 g/mol. The van der Waals surface area contributed by atoms with E-state index in [1.165, 1.54) is 24.7 Å². The van der Waals surface area contributed by atoms with E-state index in [1.54, 1.807) is 18.5 Å². The lowest BCUT2D eigenvalue weighted by Crippen LogP contribution is -2.25. The number of fused-ring (bicyclic) bond motifs is 1. The van der Waals surface area contributed by atoms with Gasteiger partial charge in [0.2, 0.25) is 0 Å². The summed E-state index contributed by atoms with van der Waals surface area (Å²) in [5.41, 5.74) is 2.14. The first-order chi connectivity index (χ1) is 15.8. The van der Waals surface area contributed by atoms with Gasteiger partial charge in [-0.25, -0.2) is 15.0 Å². The molecule has 2 fully saturated rings. The lowest BCUT2D eigenvalue weighted by atomic mass is 10.1. The van der Waals surface area contributed by atoms with E-state index in [0.717, 1.165) is 48.1 Å². The van der Waals surface area contributed by atoms with Crippen LogP contribution in [0.25, 0.3) is 11.1 Å². The largest absolute Gasteiger partial charge is 0.573 e. The lowest BCUT2D eigenvalue weighted by Gasteiger charge is -2.23. The fraction of sp³-hybridized carbons (Fsp3) is 0.304. The van der Waals surface area contributed by atoms with Crippen molar-refractivity contribution in [2.45, 2.75) is 13.3 Å². The van der Waals surface area contributed by atoms with Crippen LogP contribution in [0.15, 0.2) is 55.2 Å². The summed E-state index contributed by atoms with van der Waals surface area (Å²) in [6, 6.07) is 6.69. The Bertz CT molecular complexity index is 1160. The van der Waals surface area contributed by atoms with E-state index in [4.69, 9.17) is 0 Å². The molecule has 1 aliphatic heterocycles. The fourth-order valence-electron chi connectivity index (χ4n) is 4.42. The number of carbonyl (C=O) groups excluding carboxylic acids is 1. The van der Waals surface area contributed by atoms with Gasteiger partial charge in [0.25, 0.3) is 5.91 Å². The summed E-state index contributed by atoms with van der Waals surface area (Å²) in [4.78, 5) is 27.9. The highest BCUT2D eigenvalue weighted by Crippen LogP contribution is 2.52. The van der Waals surface area contributed by atoms with Crippen LogP contribution in [0.2, 0.25) is 0 Å². The number of benzene rings is 1. The van der Waals surface area contributed by atoms with E-state index < -0.39 is 12.3 Å². The van der Waals surface area contributed by atoms with Gasteiger partial charge < -0.3 is 15.0 Å². The lowest BCUT2D eigenvalue weighted by molar-refractivity contribution is -0.274. The van der Waals surface area contributed by atoms with Crippen molar-refractivity contribution in [2.24, 2.45) is 17.8 Å². The van der Waals surface area contributed by atoms with Gasteiger partial charge in [0.15, 0.2) is 0 Å². The molecule has 0 unspecified atom stereocenters. The zero-order valence-corrected chi connectivity index (χ0v) is 17.6. The van der Waals surface area contributed by atoms with Crippen LogP contribution in [0.4, 0.5) is 24.7 Å². The Hall–Kier alpha value is -3.69. The van der Waals surface area contributed by atoms with Crippen molar-refractivity contribution in [2.75, 3.05) is 23.3 Å². The van der Waals surface area contributed by atoms with Crippen molar-refractivity contribution >= 4 is 17.4 Å². The van der Waals surface area contributed by atoms with E-state index in [-0.39, 0.29) is 5.75 Å². The van der Waals surface area contributed by atoms with Crippen molar-refractivity contribution in [3.63, 3.8) is 0 Å². The topological polar surface area (TPSA) is 80.2 Å². The third kappa shape index (κ3) is 4.46. The van der Waals surface area contributed by atoms with Gasteiger partial charge in [-0.2, -0.15) is 0 Å². The van der Waals surface area contributed by atoms with Crippen molar-refractivity contribution in [3.05, 3.63) is 60.8 Å². The second-order valence-corrected chi connectivity index (χ2v) is 8.34. The molecule has 3 heterocycles. The number of hydrogen-bond acceptors (Lipinski definition) is 6. The minimum atomic E-state index is -4.77. The first-order valence-electron chi connectivity index (χ1n) is 10.5. The monoisotopic (exact) mass is 455 g/mol. The quantitative estimate of drug-likeness (QED) is 0.615. The van der Waals surface area contributed by atoms with Crippen LogP contribution < -0.4 is 15.0 Å². The van der Waals surface area contributed by atoms with E-state index in [9.17, 15) is 18.0 Å². The maximum absolute atomic E-state index is 12.8. The number of pyridine rings is 1. The summed E-state index contributed by atoms with van der Waals surface area (Å²) >= 11 is 0. The van der Waals surface area contributed by atoms with Gasteiger partial charge in [-0.3, -0.25) is 4.79 Å². The van der Waals surface area contributed by atoms with E-state index in [1.807, 2.05) is 0 Å². The number of piperidine rings is 1. The van der Waals surface area contributed by atoms with E-state index in [0.29, 0.717) is 23.1 Å². The average Bonchev–Trinajstić information content (AvgIpc) is 3.19. The van der Waals surface area contributed by atoms with Gasteiger partial charge in [-0.1, -0.05) is 6.92 Å². The molecule has 7 nitrogen and oxygen atoms in total. The van der Waals surface area contributed by atoms with Crippen LogP contribution in [-0.2, 0) is 0 Å². The number of rotatable bonds is 5. The van der Waals surface area contributed by atoms with Gasteiger partial charge in [-0.15, -0.1) is 13.2 Å². The smallest absolute Gasteiger partial charge is 0.406 e. The highest BCUT2D eigenvalue weighted by Gasteiger charge is 2.53. The number of anilines is 2. The summed E-state index contributed by atoms with van der Waals surface area (Å²) < 4.78 is 40.8. The number of nitrogens with zero attached hydrogens (tertiary/aromatic N) is 4. The molecule has 2 aromatic heterocycles. The van der Waals surface area contributed by atoms with Gasteiger partial charge >= 0.3 is 6.36 Å². The second-order valence-electron chi connectivity index (χ2n) is 8.34. The van der Waals surface area contributed by atoms with Crippen molar-refractivity contribution in [3.8, 4) is 16.9 Å². The van der Waals surface area contributed by atoms with E-state index >= 15 is 0 Å². The molecule has 5 rings (SSSR count). The maximum Gasteiger partial charge on any atom is 0.573 e. The molecular formula is C23H20F3N5O2. The Labute approximate surface area is 187 Å². The number of amides is 1. The number of aromatic nitrogens is 3. The number of carbonyl (C=O) groups is 1. The maximum atomic E-state index is 12.8. The highest BCUT2D eigenvalue weighted by molar-refractivity contribution is 6.05. The molecule has 1 amide bonds. The van der Waals surface area contributed by atoms with Crippen molar-refractivity contribution in [1.82, 2.24) is 15.0 Å². The molecular weight excluding hydrogens is 435 g/mol. The van der Waals surface area contributed by atoms with Gasteiger partial charge in [0, 0.05) is 48.5 Å². The predicted octanol–water partition coefficient (Wildman–Crippen LogP) is 4.39. The molecule has 3 aromatic rings. The predicted molar refractivity (Wildman–Crippen MR) is 115 cm³/mol. The summed E-state index contributed by atoms with van der Waals surface area (Å²) in [6.07, 6.45) is 1.52. The van der Waals surface area contributed by atoms with Crippen LogP contribution in [0, 0.1) is 17.8 Å². The summed E-state index contributed by atoms with van der Waals surface area (Å²) in [7, 11) is 0. The molecule has 170 valence electrons. The third-order valence-corrected chi connectivity index (χ3v) is 6.27. The zero-order chi connectivity index (χ0) is 23.2. The molecule has 1 saturated heterocycles. The van der Waals surface area contributed by atoms with Crippen LogP contribution in [-0.4, -0.2) is 40.3 Å². The molecule has 33 heavy (non-hydrogen) atoms. The standard InChI is InChI=1S/C23H20F3N5O2/c1-13-19-10-31(11-20(13)19)21-18(15-7-27-12-28-8-15)6-14(9-29-21)22(32)30-16-2-4-17(5-3-16)33-23(24,25)26/h2-9,12-13,19-20H,10-11H2,1H3,(H,30,32)/t13-,19-,20+. The van der Waals surface area contributed by atoms with Crippen LogP contribution >= 0.6 is 0 Å². The number of ether oxygens (including phenoxy) is 1. The Morgan fingerprint density at radius 1 is 1.09 bits per heavy atom. The fourth-order valence-corrected chi connectivity index (χ4v) is 4.42. The molecule has 1 aromatic carbocycles. The summed E-state index contributed by atoms with van der Waals surface area (Å²) in [5.74, 6) is 2.08. The molecule has 10 heteroatoms. The van der Waals surface area contributed by atoms with E-state index in [2.05, 4.69) is 36.8 Å². The molecule has 2 aliphatic rings. The van der Waals surface area contributed by atoms with Gasteiger partial charge in [-0.05, 0) is 48.1 Å². The van der Waals surface area contributed by atoms with Gasteiger partial charge in [0.05, 0.1) is 5.56 Å². The van der Waals surface area contributed by atoms with Crippen LogP contribution in [0.5, 0.6) is 5.75 Å². The summed E-state index contributed by atoms with van der Waals surface area (Å²) in [5, 5.41) is 2.68. The Morgan fingerprint density at radius 2 is 1.76 bits per heavy atom. The Morgan fingerprint density at radius 3 is 2.39 bits per heavy atom. The Balaban J connectivity index is 1.37. The molecule has 1 aliphatic carbocycles. The normalized spacial score (nSPS) is 21.5. The minimum Gasteiger partial charge on any atom is -0.406 e. The second kappa shape index (κ2) is 8.02. The van der Waals surface area contributed by atoms with Gasteiger partial charge in [0.1, 0.15) is 17.9 Å². The molecule has 0 radical (unpaired) electrons. The van der Waals surface area contributed by atoms with Crippen molar-refractivity contribution in [1.29, 1.82) is 0 Å². The molecule has 1 saturated carbocycles. The van der Waals surface area contributed by atoms with Crippen LogP contribution in [0.1, 0.15) is 17.3 Å².